The highest BCUT2D eigenvalue weighted by Crippen LogP contribution is 2.39. The quantitative estimate of drug-likeness (QED) is 0.802. The lowest BCUT2D eigenvalue weighted by Gasteiger charge is -2.35. The van der Waals surface area contributed by atoms with E-state index in [1.165, 1.54) is 4.90 Å². The van der Waals surface area contributed by atoms with E-state index in [9.17, 15) is 9.59 Å². The summed E-state index contributed by atoms with van der Waals surface area (Å²) in [5.41, 5.74) is 1.80. The highest BCUT2D eigenvalue weighted by molar-refractivity contribution is 6.23. The van der Waals surface area contributed by atoms with Crippen molar-refractivity contribution in [3.05, 3.63) is 53.6 Å². The van der Waals surface area contributed by atoms with Crippen molar-refractivity contribution in [2.75, 3.05) is 12.0 Å². The molecule has 3 rings (SSSR count). The van der Waals surface area contributed by atoms with Crippen molar-refractivity contribution < 1.29 is 19.1 Å². The highest BCUT2D eigenvalue weighted by atomic mass is 16.5. The lowest BCUT2D eigenvalue weighted by Crippen LogP contribution is -2.51. The van der Waals surface area contributed by atoms with Gasteiger partial charge in [-0.15, -0.1) is 0 Å². The summed E-state index contributed by atoms with van der Waals surface area (Å²) in [6, 6.07) is 12.2. The summed E-state index contributed by atoms with van der Waals surface area (Å²) < 4.78 is 11.0. The molecule has 0 bridgehead atoms. The van der Waals surface area contributed by atoms with Crippen LogP contribution in [0, 0.1) is 12.8 Å². The number of anilines is 1. The monoisotopic (exact) mass is 339 g/mol. The molecule has 0 radical (unpaired) electrons. The largest absolute Gasteiger partial charge is 0.497 e. The number of ether oxygens (including phenoxy) is 2. The van der Waals surface area contributed by atoms with Crippen LogP contribution in [0.3, 0.4) is 0 Å². The van der Waals surface area contributed by atoms with Crippen LogP contribution in [0.25, 0.3) is 0 Å². The molecule has 1 aliphatic heterocycles. The van der Waals surface area contributed by atoms with Gasteiger partial charge in [0.15, 0.2) is 6.10 Å². The standard InChI is InChI=1S/C20H21NO4/c1-12(2)17-20(23)21(16-7-5-6-13(3)18(16)25-17)19(22)14-8-10-15(24-4)11-9-14/h5-12,17H,1-4H3. The van der Waals surface area contributed by atoms with E-state index >= 15 is 0 Å². The molecule has 2 aromatic carbocycles. The molecular formula is C20H21NO4. The van der Waals surface area contributed by atoms with Crippen molar-refractivity contribution in [1.82, 2.24) is 0 Å². The zero-order chi connectivity index (χ0) is 18.1. The third-order valence-corrected chi connectivity index (χ3v) is 4.29. The Hall–Kier alpha value is -2.82. The first-order valence-electron chi connectivity index (χ1n) is 8.22. The van der Waals surface area contributed by atoms with E-state index in [-0.39, 0.29) is 17.7 Å². The van der Waals surface area contributed by atoms with Crippen molar-refractivity contribution in [1.29, 1.82) is 0 Å². The molecule has 5 heteroatoms. The average molecular weight is 339 g/mol. The van der Waals surface area contributed by atoms with E-state index < -0.39 is 6.10 Å². The van der Waals surface area contributed by atoms with Crippen LogP contribution >= 0.6 is 0 Å². The molecule has 0 saturated heterocycles. The van der Waals surface area contributed by atoms with Crippen LogP contribution in [-0.2, 0) is 4.79 Å². The molecule has 130 valence electrons. The fourth-order valence-electron chi connectivity index (χ4n) is 2.88. The third-order valence-electron chi connectivity index (χ3n) is 4.29. The Morgan fingerprint density at radius 3 is 2.44 bits per heavy atom. The molecule has 0 spiro atoms. The summed E-state index contributed by atoms with van der Waals surface area (Å²) in [4.78, 5) is 27.2. The fraction of sp³-hybridized carbons (Fsp3) is 0.300. The van der Waals surface area contributed by atoms with E-state index in [0.29, 0.717) is 22.7 Å². The number of hydrogen-bond acceptors (Lipinski definition) is 4. The number of benzene rings is 2. The lowest BCUT2D eigenvalue weighted by molar-refractivity contribution is -0.127. The molecule has 1 heterocycles. The van der Waals surface area contributed by atoms with Crippen molar-refractivity contribution >= 4 is 17.5 Å². The summed E-state index contributed by atoms with van der Waals surface area (Å²) >= 11 is 0. The van der Waals surface area contributed by atoms with Crippen LogP contribution < -0.4 is 14.4 Å². The zero-order valence-electron chi connectivity index (χ0n) is 14.8. The van der Waals surface area contributed by atoms with Gasteiger partial charge >= 0.3 is 0 Å². The van der Waals surface area contributed by atoms with Gasteiger partial charge in [0, 0.05) is 5.56 Å². The van der Waals surface area contributed by atoms with E-state index in [1.807, 2.05) is 32.9 Å². The van der Waals surface area contributed by atoms with Crippen molar-refractivity contribution in [3.63, 3.8) is 0 Å². The van der Waals surface area contributed by atoms with Crippen LogP contribution in [0.4, 0.5) is 5.69 Å². The van der Waals surface area contributed by atoms with Crippen molar-refractivity contribution in [3.8, 4) is 11.5 Å². The minimum Gasteiger partial charge on any atom is -0.497 e. The Balaban J connectivity index is 2.07. The summed E-state index contributed by atoms with van der Waals surface area (Å²) in [7, 11) is 1.56. The number of carbonyl (C=O) groups is 2. The van der Waals surface area contributed by atoms with Crippen LogP contribution in [0.2, 0.25) is 0 Å². The predicted molar refractivity (Wildman–Crippen MR) is 95.2 cm³/mol. The number of hydrogen-bond donors (Lipinski definition) is 0. The van der Waals surface area contributed by atoms with Crippen molar-refractivity contribution in [2.24, 2.45) is 5.92 Å². The van der Waals surface area contributed by atoms with Crippen LogP contribution in [0.5, 0.6) is 11.5 Å². The Bertz CT molecular complexity index is 811. The van der Waals surface area contributed by atoms with Crippen molar-refractivity contribution in [2.45, 2.75) is 26.9 Å². The summed E-state index contributed by atoms with van der Waals surface area (Å²) in [6.45, 7) is 5.71. The fourth-order valence-corrected chi connectivity index (χ4v) is 2.88. The first-order valence-corrected chi connectivity index (χ1v) is 8.22. The number of aryl methyl sites for hydroxylation is 1. The van der Waals surface area contributed by atoms with Crippen LogP contribution in [0.1, 0.15) is 29.8 Å². The molecule has 0 fully saturated rings. The molecule has 0 saturated carbocycles. The Kier molecular flexibility index (Phi) is 4.49. The molecule has 1 atom stereocenters. The molecule has 0 aliphatic carbocycles. The Morgan fingerprint density at radius 2 is 1.84 bits per heavy atom. The van der Waals surface area contributed by atoms with Gasteiger partial charge in [-0.25, -0.2) is 4.90 Å². The molecule has 0 aromatic heterocycles. The van der Waals surface area contributed by atoms with E-state index in [0.717, 1.165) is 5.56 Å². The number of amides is 2. The summed E-state index contributed by atoms with van der Waals surface area (Å²) in [6.07, 6.45) is -0.684. The minimum absolute atomic E-state index is 0.0496. The number of nitrogens with zero attached hydrogens (tertiary/aromatic N) is 1. The number of methoxy groups -OCH3 is 1. The Morgan fingerprint density at radius 1 is 1.16 bits per heavy atom. The van der Waals surface area contributed by atoms with Gasteiger partial charge in [-0.1, -0.05) is 26.0 Å². The summed E-state index contributed by atoms with van der Waals surface area (Å²) in [5.74, 6) is 0.484. The Labute approximate surface area is 147 Å². The second-order valence-electron chi connectivity index (χ2n) is 6.41. The molecule has 1 aliphatic rings. The number of carbonyl (C=O) groups excluding carboxylic acids is 2. The minimum atomic E-state index is -0.684. The average Bonchev–Trinajstić information content (AvgIpc) is 2.61. The van der Waals surface area contributed by atoms with Crippen LogP contribution in [0.15, 0.2) is 42.5 Å². The third kappa shape index (κ3) is 2.97. The second-order valence-corrected chi connectivity index (χ2v) is 6.41. The van der Waals surface area contributed by atoms with E-state index in [2.05, 4.69) is 0 Å². The van der Waals surface area contributed by atoms with Crippen LogP contribution in [-0.4, -0.2) is 25.0 Å². The molecule has 25 heavy (non-hydrogen) atoms. The normalized spacial score (nSPS) is 16.4. The van der Waals surface area contributed by atoms with Gasteiger partial charge in [0.1, 0.15) is 11.5 Å². The van der Waals surface area contributed by atoms with Gasteiger partial charge in [0.2, 0.25) is 0 Å². The summed E-state index contributed by atoms with van der Waals surface area (Å²) in [5, 5.41) is 0. The van der Waals surface area contributed by atoms with Gasteiger partial charge in [0.05, 0.1) is 12.8 Å². The van der Waals surface area contributed by atoms with Gasteiger partial charge in [-0.05, 0) is 48.7 Å². The lowest BCUT2D eigenvalue weighted by atomic mass is 10.0. The molecule has 5 nitrogen and oxygen atoms in total. The van der Waals surface area contributed by atoms with E-state index in [1.54, 1.807) is 37.4 Å². The topological polar surface area (TPSA) is 55.8 Å². The number of para-hydroxylation sites is 1. The van der Waals surface area contributed by atoms with E-state index in [4.69, 9.17) is 9.47 Å². The van der Waals surface area contributed by atoms with Gasteiger partial charge in [-0.3, -0.25) is 9.59 Å². The molecular weight excluding hydrogens is 318 g/mol. The SMILES string of the molecule is COc1ccc(C(=O)N2C(=O)C(C(C)C)Oc3c(C)cccc32)cc1. The number of fused-ring (bicyclic) bond motifs is 1. The first-order chi connectivity index (χ1) is 11.9. The zero-order valence-corrected chi connectivity index (χ0v) is 14.8. The number of rotatable bonds is 3. The first kappa shape index (κ1) is 17.0. The second kappa shape index (κ2) is 6.59. The maximum Gasteiger partial charge on any atom is 0.275 e. The number of imide groups is 1. The maximum absolute atomic E-state index is 13.1. The van der Waals surface area contributed by atoms with Gasteiger partial charge in [0.25, 0.3) is 11.8 Å². The smallest absolute Gasteiger partial charge is 0.275 e. The van der Waals surface area contributed by atoms with Gasteiger partial charge in [-0.2, -0.15) is 0 Å². The molecule has 2 amide bonds. The molecule has 0 N–H and O–H groups in total. The maximum atomic E-state index is 13.1. The molecule has 1 unspecified atom stereocenters. The molecule has 2 aromatic rings. The highest BCUT2D eigenvalue weighted by Gasteiger charge is 2.40. The van der Waals surface area contributed by atoms with Gasteiger partial charge < -0.3 is 9.47 Å². The predicted octanol–water partition coefficient (Wildman–Crippen LogP) is 3.59.